The fourth-order valence-electron chi connectivity index (χ4n) is 2.54. The van der Waals surface area contributed by atoms with Crippen molar-refractivity contribution in [2.45, 2.75) is 25.4 Å². The van der Waals surface area contributed by atoms with Crippen molar-refractivity contribution >= 4 is 22.9 Å². The number of hydrogen-bond donors (Lipinski definition) is 1. The monoisotopic (exact) mass is 304 g/mol. The standard InChI is InChI=1S/C16H17FN2OS/c1-16(7-8-19(16)10-12-6-9-21-11-12)15(20)18-14-5-3-2-4-13(14)17/h2-6,9,11H,7-8,10H2,1H3,(H,18,20). The summed E-state index contributed by atoms with van der Waals surface area (Å²) >= 11 is 1.65. The predicted molar refractivity (Wildman–Crippen MR) is 82.8 cm³/mol. The van der Waals surface area contributed by atoms with Crippen molar-refractivity contribution in [3.63, 3.8) is 0 Å². The van der Waals surface area contributed by atoms with Gasteiger partial charge in [-0.2, -0.15) is 11.3 Å². The lowest BCUT2D eigenvalue weighted by Gasteiger charge is -2.49. The van der Waals surface area contributed by atoms with E-state index in [0.717, 1.165) is 19.5 Å². The molecule has 1 unspecified atom stereocenters. The molecule has 1 aromatic heterocycles. The predicted octanol–water partition coefficient (Wildman–Crippen LogP) is 3.49. The summed E-state index contributed by atoms with van der Waals surface area (Å²) in [5.74, 6) is -0.549. The van der Waals surface area contributed by atoms with Gasteiger partial charge >= 0.3 is 0 Å². The van der Waals surface area contributed by atoms with E-state index in [1.54, 1.807) is 29.5 Å². The molecule has 3 nitrogen and oxygen atoms in total. The third-order valence-corrected chi connectivity index (χ3v) is 4.86. The van der Waals surface area contributed by atoms with E-state index in [4.69, 9.17) is 0 Å². The highest BCUT2D eigenvalue weighted by Crippen LogP contribution is 2.33. The number of nitrogens with one attached hydrogen (secondary N) is 1. The maximum atomic E-state index is 13.6. The maximum Gasteiger partial charge on any atom is 0.244 e. The molecule has 1 aliphatic rings. The van der Waals surface area contributed by atoms with E-state index in [1.807, 2.05) is 12.3 Å². The summed E-state index contributed by atoms with van der Waals surface area (Å²) in [6.45, 7) is 3.56. The van der Waals surface area contributed by atoms with Crippen LogP contribution in [-0.2, 0) is 11.3 Å². The lowest BCUT2D eigenvalue weighted by Crippen LogP contribution is -2.63. The van der Waals surface area contributed by atoms with Crippen LogP contribution >= 0.6 is 11.3 Å². The van der Waals surface area contributed by atoms with Crippen LogP contribution in [0.3, 0.4) is 0 Å². The smallest absolute Gasteiger partial charge is 0.244 e. The van der Waals surface area contributed by atoms with E-state index in [0.29, 0.717) is 0 Å². The lowest BCUT2D eigenvalue weighted by molar-refractivity contribution is -0.136. The molecule has 1 aliphatic heterocycles. The second kappa shape index (κ2) is 5.58. The minimum atomic E-state index is -0.565. The van der Waals surface area contributed by atoms with Crippen molar-refractivity contribution in [2.75, 3.05) is 11.9 Å². The molecule has 1 aromatic carbocycles. The number of halogens is 1. The molecule has 2 aromatic rings. The van der Waals surface area contributed by atoms with Crippen molar-refractivity contribution < 1.29 is 9.18 Å². The Morgan fingerprint density at radius 3 is 2.86 bits per heavy atom. The zero-order valence-corrected chi connectivity index (χ0v) is 12.6. The highest BCUT2D eigenvalue weighted by atomic mass is 32.1. The van der Waals surface area contributed by atoms with Gasteiger partial charge in [0.2, 0.25) is 5.91 Å². The van der Waals surface area contributed by atoms with Gasteiger partial charge in [-0.25, -0.2) is 4.39 Å². The molecular formula is C16H17FN2OS. The molecule has 1 amide bonds. The minimum Gasteiger partial charge on any atom is -0.322 e. The fourth-order valence-corrected chi connectivity index (χ4v) is 3.20. The van der Waals surface area contributed by atoms with Gasteiger partial charge in [-0.3, -0.25) is 9.69 Å². The normalized spacial score (nSPS) is 21.8. The first-order valence-corrected chi connectivity index (χ1v) is 7.86. The van der Waals surface area contributed by atoms with Gasteiger partial charge in [0.1, 0.15) is 5.82 Å². The first-order valence-electron chi connectivity index (χ1n) is 6.92. The summed E-state index contributed by atoms with van der Waals surface area (Å²) in [6, 6.07) is 8.32. The Balaban J connectivity index is 1.70. The van der Waals surface area contributed by atoms with Gasteiger partial charge in [-0.05, 0) is 47.9 Å². The van der Waals surface area contributed by atoms with Gasteiger partial charge in [0, 0.05) is 13.1 Å². The minimum absolute atomic E-state index is 0.144. The van der Waals surface area contributed by atoms with Crippen LogP contribution in [0.2, 0.25) is 0 Å². The van der Waals surface area contributed by atoms with Crippen LogP contribution in [0.15, 0.2) is 41.1 Å². The molecule has 0 saturated carbocycles. The number of anilines is 1. The Hall–Kier alpha value is -1.72. The van der Waals surface area contributed by atoms with Gasteiger partial charge in [0.05, 0.1) is 11.2 Å². The summed E-state index contributed by atoms with van der Waals surface area (Å²) in [4.78, 5) is 14.6. The molecule has 0 radical (unpaired) electrons. The first kappa shape index (κ1) is 14.2. The maximum absolute atomic E-state index is 13.6. The van der Waals surface area contributed by atoms with Crippen LogP contribution in [0.25, 0.3) is 0 Å². The molecular weight excluding hydrogens is 287 g/mol. The second-order valence-electron chi connectivity index (χ2n) is 5.51. The lowest BCUT2D eigenvalue weighted by atomic mass is 9.85. The third-order valence-electron chi connectivity index (χ3n) is 4.13. The Morgan fingerprint density at radius 2 is 2.24 bits per heavy atom. The van der Waals surface area contributed by atoms with Crippen LogP contribution in [0.4, 0.5) is 10.1 Å². The topological polar surface area (TPSA) is 32.3 Å². The van der Waals surface area contributed by atoms with E-state index < -0.39 is 11.4 Å². The van der Waals surface area contributed by atoms with Gasteiger partial charge in [0.15, 0.2) is 0 Å². The van der Waals surface area contributed by atoms with E-state index in [2.05, 4.69) is 21.7 Å². The van der Waals surface area contributed by atoms with Crippen molar-refractivity contribution in [3.8, 4) is 0 Å². The van der Waals surface area contributed by atoms with Gasteiger partial charge in [-0.1, -0.05) is 12.1 Å². The number of para-hydroxylation sites is 1. The third kappa shape index (κ3) is 2.71. The Bertz CT molecular complexity index is 643. The fraction of sp³-hybridized carbons (Fsp3) is 0.312. The van der Waals surface area contributed by atoms with Crippen LogP contribution in [-0.4, -0.2) is 22.9 Å². The molecule has 1 saturated heterocycles. The number of hydrogen-bond acceptors (Lipinski definition) is 3. The highest BCUT2D eigenvalue weighted by Gasteiger charge is 2.46. The number of likely N-dealkylation sites (tertiary alicyclic amines) is 1. The van der Waals surface area contributed by atoms with E-state index >= 15 is 0 Å². The Morgan fingerprint density at radius 1 is 1.43 bits per heavy atom. The number of benzene rings is 1. The Kier molecular flexibility index (Phi) is 3.78. The molecule has 5 heteroatoms. The average molecular weight is 304 g/mol. The summed E-state index contributed by atoms with van der Waals surface area (Å²) in [5, 5.41) is 6.83. The highest BCUT2D eigenvalue weighted by molar-refractivity contribution is 7.07. The molecule has 0 bridgehead atoms. The quantitative estimate of drug-likeness (QED) is 0.938. The summed E-state index contributed by atoms with van der Waals surface area (Å²) in [6.07, 6.45) is 0.789. The van der Waals surface area contributed by atoms with Gasteiger partial charge in [-0.15, -0.1) is 0 Å². The number of carbonyl (C=O) groups is 1. The molecule has 3 rings (SSSR count). The van der Waals surface area contributed by atoms with Crippen LogP contribution in [0.1, 0.15) is 18.9 Å². The number of rotatable bonds is 4. The molecule has 0 spiro atoms. The molecule has 1 atom stereocenters. The number of nitrogens with zero attached hydrogens (tertiary/aromatic N) is 1. The van der Waals surface area contributed by atoms with Gasteiger partial charge in [0.25, 0.3) is 0 Å². The molecule has 110 valence electrons. The summed E-state index contributed by atoms with van der Waals surface area (Å²) in [7, 11) is 0. The van der Waals surface area contributed by atoms with Crippen molar-refractivity contribution in [3.05, 3.63) is 52.5 Å². The molecule has 21 heavy (non-hydrogen) atoms. The zero-order valence-electron chi connectivity index (χ0n) is 11.8. The molecule has 1 fully saturated rings. The largest absolute Gasteiger partial charge is 0.322 e. The van der Waals surface area contributed by atoms with Crippen LogP contribution in [0.5, 0.6) is 0 Å². The molecule has 1 N–H and O–H groups in total. The summed E-state index contributed by atoms with van der Waals surface area (Å²) < 4.78 is 13.6. The number of thiophene rings is 1. The van der Waals surface area contributed by atoms with Crippen LogP contribution < -0.4 is 5.32 Å². The first-order chi connectivity index (χ1) is 10.1. The zero-order chi connectivity index (χ0) is 14.9. The van der Waals surface area contributed by atoms with E-state index in [-0.39, 0.29) is 11.6 Å². The van der Waals surface area contributed by atoms with Crippen molar-refractivity contribution in [1.82, 2.24) is 4.90 Å². The molecule has 2 heterocycles. The number of amides is 1. The van der Waals surface area contributed by atoms with E-state index in [9.17, 15) is 9.18 Å². The summed E-state index contributed by atoms with van der Waals surface area (Å²) in [5.41, 5.74) is 0.889. The van der Waals surface area contributed by atoms with Crippen molar-refractivity contribution in [2.24, 2.45) is 0 Å². The van der Waals surface area contributed by atoms with E-state index in [1.165, 1.54) is 11.6 Å². The number of carbonyl (C=O) groups excluding carboxylic acids is 1. The van der Waals surface area contributed by atoms with Gasteiger partial charge < -0.3 is 5.32 Å². The average Bonchev–Trinajstić information content (AvgIpc) is 2.98. The Labute approximate surface area is 127 Å². The van der Waals surface area contributed by atoms with Crippen LogP contribution in [0, 0.1) is 5.82 Å². The van der Waals surface area contributed by atoms with Crippen molar-refractivity contribution in [1.29, 1.82) is 0 Å². The molecule has 0 aliphatic carbocycles. The SMILES string of the molecule is CC1(C(=O)Nc2ccccc2F)CCN1Cc1ccsc1. The second-order valence-corrected chi connectivity index (χ2v) is 6.29.